The molecule has 9 nitrogen and oxygen atoms in total. The third kappa shape index (κ3) is 5.10. The van der Waals surface area contributed by atoms with Crippen molar-refractivity contribution in [2.75, 3.05) is 7.11 Å². The van der Waals surface area contributed by atoms with Crippen LogP contribution in [0.4, 0.5) is 11.4 Å². The number of oxazole rings is 1. The van der Waals surface area contributed by atoms with Gasteiger partial charge in [-0.15, -0.1) is 0 Å². The number of rotatable bonds is 7. The summed E-state index contributed by atoms with van der Waals surface area (Å²) in [5.41, 5.74) is 1.52. The van der Waals surface area contributed by atoms with Crippen molar-refractivity contribution >= 4 is 23.6 Å². The van der Waals surface area contributed by atoms with Gasteiger partial charge in [-0.1, -0.05) is 18.2 Å². The maximum absolute atomic E-state index is 12.6. The number of nitro benzene ring substituents is 1. The Morgan fingerprint density at radius 2 is 1.73 bits per heavy atom. The summed E-state index contributed by atoms with van der Waals surface area (Å²) in [6.45, 7) is 0. The number of aromatic nitrogens is 1. The topological polar surface area (TPSA) is 117 Å². The van der Waals surface area contributed by atoms with Gasteiger partial charge in [0.05, 0.1) is 29.5 Å². The molecule has 33 heavy (non-hydrogen) atoms. The van der Waals surface area contributed by atoms with E-state index in [1.54, 1.807) is 43.5 Å². The average Bonchev–Trinajstić information content (AvgIpc) is 3.26. The van der Waals surface area contributed by atoms with Crippen LogP contribution in [0.15, 0.2) is 88.3 Å². The van der Waals surface area contributed by atoms with E-state index in [1.807, 2.05) is 18.2 Å². The van der Waals surface area contributed by atoms with Crippen LogP contribution in [0.5, 0.6) is 11.7 Å². The van der Waals surface area contributed by atoms with Crippen LogP contribution in [-0.4, -0.2) is 29.2 Å². The molecule has 0 aliphatic rings. The van der Waals surface area contributed by atoms with Gasteiger partial charge < -0.3 is 13.9 Å². The molecule has 0 fully saturated rings. The zero-order valence-corrected chi connectivity index (χ0v) is 17.4. The second-order valence-electron chi connectivity index (χ2n) is 6.71. The molecule has 0 saturated heterocycles. The Balaban J connectivity index is 1.63. The monoisotopic (exact) mass is 443 g/mol. The van der Waals surface area contributed by atoms with E-state index in [0.717, 1.165) is 0 Å². The molecule has 0 amide bonds. The predicted molar refractivity (Wildman–Crippen MR) is 120 cm³/mol. The minimum atomic E-state index is -0.750. The molecule has 0 atom stereocenters. The van der Waals surface area contributed by atoms with E-state index >= 15 is 0 Å². The number of non-ortho nitro benzene ring substituents is 1. The third-order valence-electron chi connectivity index (χ3n) is 4.55. The van der Waals surface area contributed by atoms with E-state index in [2.05, 4.69) is 9.98 Å². The molecule has 1 heterocycles. The Bertz CT molecular complexity index is 1300. The van der Waals surface area contributed by atoms with Gasteiger partial charge in [0.15, 0.2) is 5.69 Å². The Hall–Kier alpha value is -4.79. The fourth-order valence-electron chi connectivity index (χ4n) is 2.84. The van der Waals surface area contributed by atoms with Crippen LogP contribution in [0.3, 0.4) is 0 Å². The summed E-state index contributed by atoms with van der Waals surface area (Å²) in [6, 6.07) is 21.2. The van der Waals surface area contributed by atoms with Crippen LogP contribution < -0.4 is 9.47 Å². The van der Waals surface area contributed by atoms with Crippen molar-refractivity contribution in [1.82, 2.24) is 4.98 Å². The molecule has 0 saturated carbocycles. The van der Waals surface area contributed by atoms with Gasteiger partial charge in [-0.05, 0) is 48.5 Å². The lowest BCUT2D eigenvalue weighted by atomic mass is 10.2. The molecule has 0 unspecified atom stereocenters. The summed E-state index contributed by atoms with van der Waals surface area (Å²) in [7, 11) is 1.57. The van der Waals surface area contributed by atoms with E-state index in [4.69, 9.17) is 13.9 Å². The molecule has 4 rings (SSSR count). The molecule has 0 bridgehead atoms. The molecule has 4 aromatic rings. The quantitative estimate of drug-likeness (QED) is 0.166. The Labute approximate surface area is 188 Å². The molecule has 1 aromatic heterocycles. The SMILES string of the molecule is COc1ccc(N=Cc2nc(-c3ccccc3)oc2OC(=O)c2ccc([N+](=O)[O-])cc2)cc1. The van der Waals surface area contributed by atoms with Crippen LogP contribution in [0.1, 0.15) is 16.1 Å². The van der Waals surface area contributed by atoms with Gasteiger partial charge in [0.2, 0.25) is 5.89 Å². The van der Waals surface area contributed by atoms with Crippen LogP contribution in [-0.2, 0) is 0 Å². The Morgan fingerprint density at radius 1 is 1.03 bits per heavy atom. The normalized spacial score (nSPS) is 10.8. The number of hydrogen-bond acceptors (Lipinski definition) is 8. The molecule has 9 heteroatoms. The maximum Gasteiger partial charge on any atom is 0.345 e. The van der Waals surface area contributed by atoms with Gasteiger partial charge in [0.1, 0.15) is 5.75 Å². The summed E-state index contributed by atoms with van der Waals surface area (Å²) >= 11 is 0. The molecule has 0 N–H and O–H groups in total. The van der Waals surface area contributed by atoms with E-state index in [0.29, 0.717) is 17.0 Å². The molecule has 0 aliphatic heterocycles. The summed E-state index contributed by atoms with van der Waals surface area (Å²) < 4.78 is 16.3. The van der Waals surface area contributed by atoms with Crippen molar-refractivity contribution in [1.29, 1.82) is 0 Å². The molecule has 3 aromatic carbocycles. The summed E-state index contributed by atoms with van der Waals surface area (Å²) in [4.78, 5) is 31.6. The first-order valence-electron chi connectivity index (χ1n) is 9.74. The standard InChI is InChI=1S/C24H17N3O6/c1-31-20-13-9-18(10-14-20)25-15-21-24(32-22(26-21)16-5-3-2-4-6-16)33-23(28)17-7-11-19(12-8-17)27(29)30/h2-15H,1H3. The lowest BCUT2D eigenvalue weighted by Gasteiger charge is -2.02. The maximum atomic E-state index is 12.6. The van der Waals surface area contributed by atoms with Crippen molar-refractivity contribution < 1.29 is 23.6 Å². The molecule has 164 valence electrons. The fourth-order valence-corrected chi connectivity index (χ4v) is 2.84. The van der Waals surface area contributed by atoms with Gasteiger partial charge in [0, 0.05) is 17.7 Å². The van der Waals surface area contributed by atoms with Gasteiger partial charge in [0.25, 0.3) is 5.69 Å². The first-order valence-corrected chi connectivity index (χ1v) is 9.74. The molecule has 0 radical (unpaired) electrons. The molecular formula is C24H17N3O6. The zero-order chi connectivity index (χ0) is 23.2. The summed E-state index contributed by atoms with van der Waals surface area (Å²) in [5, 5.41) is 10.8. The van der Waals surface area contributed by atoms with Crippen LogP contribution in [0.25, 0.3) is 11.5 Å². The highest BCUT2D eigenvalue weighted by atomic mass is 16.6. The predicted octanol–water partition coefficient (Wildman–Crippen LogP) is 5.23. The summed E-state index contributed by atoms with van der Waals surface area (Å²) in [6.07, 6.45) is 1.43. The van der Waals surface area contributed by atoms with Crippen molar-refractivity contribution in [3.05, 3.63) is 100 Å². The van der Waals surface area contributed by atoms with Gasteiger partial charge in [-0.25, -0.2) is 9.78 Å². The van der Waals surface area contributed by atoms with Gasteiger partial charge in [-0.2, -0.15) is 0 Å². The van der Waals surface area contributed by atoms with E-state index < -0.39 is 10.9 Å². The number of aliphatic imine (C=N–C) groups is 1. The number of nitrogens with zero attached hydrogens (tertiary/aromatic N) is 3. The largest absolute Gasteiger partial charge is 0.497 e. The number of benzene rings is 3. The minimum absolute atomic E-state index is 0.122. The van der Waals surface area contributed by atoms with Gasteiger partial charge in [-0.3, -0.25) is 15.1 Å². The molecule has 0 aliphatic carbocycles. The first kappa shape index (κ1) is 21.4. The number of ether oxygens (including phenoxy) is 2. The van der Waals surface area contributed by atoms with Crippen molar-refractivity contribution in [3.8, 4) is 23.1 Å². The molecular weight excluding hydrogens is 426 g/mol. The lowest BCUT2D eigenvalue weighted by Crippen LogP contribution is -2.09. The van der Waals surface area contributed by atoms with Crippen molar-refractivity contribution in [3.63, 3.8) is 0 Å². The lowest BCUT2D eigenvalue weighted by molar-refractivity contribution is -0.384. The zero-order valence-electron chi connectivity index (χ0n) is 17.4. The number of hydrogen-bond donors (Lipinski definition) is 0. The van der Waals surface area contributed by atoms with E-state index in [9.17, 15) is 14.9 Å². The number of nitro groups is 1. The Morgan fingerprint density at radius 3 is 2.36 bits per heavy atom. The van der Waals surface area contributed by atoms with E-state index in [-0.39, 0.29) is 28.8 Å². The van der Waals surface area contributed by atoms with Crippen LogP contribution in [0.2, 0.25) is 0 Å². The second kappa shape index (κ2) is 9.56. The highest BCUT2D eigenvalue weighted by Gasteiger charge is 2.20. The van der Waals surface area contributed by atoms with Crippen LogP contribution >= 0.6 is 0 Å². The second-order valence-corrected chi connectivity index (χ2v) is 6.71. The highest BCUT2D eigenvalue weighted by molar-refractivity contribution is 5.92. The van der Waals surface area contributed by atoms with E-state index in [1.165, 1.54) is 30.5 Å². The fraction of sp³-hybridized carbons (Fsp3) is 0.0417. The molecule has 0 spiro atoms. The minimum Gasteiger partial charge on any atom is -0.497 e. The van der Waals surface area contributed by atoms with Crippen molar-refractivity contribution in [2.24, 2.45) is 4.99 Å². The average molecular weight is 443 g/mol. The summed E-state index contributed by atoms with van der Waals surface area (Å²) in [5.74, 6) is 0.0481. The first-order chi connectivity index (χ1) is 16.0. The third-order valence-corrected chi connectivity index (χ3v) is 4.55. The van der Waals surface area contributed by atoms with Gasteiger partial charge >= 0.3 is 11.9 Å². The number of methoxy groups -OCH3 is 1. The van der Waals surface area contributed by atoms with Crippen LogP contribution in [0, 0.1) is 10.1 Å². The number of carbonyl (C=O) groups excluding carboxylic acids is 1. The Kier molecular flexibility index (Phi) is 6.21. The number of esters is 1. The van der Waals surface area contributed by atoms with Crippen molar-refractivity contribution in [2.45, 2.75) is 0 Å². The smallest absolute Gasteiger partial charge is 0.345 e. The highest BCUT2D eigenvalue weighted by Crippen LogP contribution is 2.28. The number of carbonyl (C=O) groups is 1.